The van der Waals surface area contributed by atoms with Crippen LogP contribution in [0.15, 0.2) is 119 Å². The Morgan fingerprint density at radius 3 is 2.06 bits per heavy atom. The molecule has 6 rings (SSSR count). The number of benzene rings is 4. The standard InChI is InChI=1S/C38H37N3O10/c1-25-22-40(36(44)39-35(25)43)34-21-33(42)37(51-34,49-23-26-9-7-8-12-32(26)41(45)46)24-50-38(27-10-5-4-6-11-27,28-13-17-30(47-2)18-14-28)29-15-19-31(48-3)20-16-29/h4-20,22,33-34,42H,21,23-24H2,1-3H3,(H,39,43,44)/t33-,34+,37+/m0/s1. The van der Waals surface area contributed by atoms with E-state index in [0.717, 1.165) is 5.56 Å². The summed E-state index contributed by atoms with van der Waals surface area (Å²) in [6.45, 7) is 0.780. The third kappa shape index (κ3) is 6.92. The molecule has 1 fully saturated rings. The van der Waals surface area contributed by atoms with Crippen LogP contribution in [0.5, 0.6) is 11.5 Å². The Morgan fingerprint density at radius 1 is 0.902 bits per heavy atom. The summed E-state index contributed by atoms with van der Waals surface area (Å²) in [6, 6.07) is 30.2. The lowest BCUT2D eigenvalue weighted by Gasteiger charge is -2.40. The summed E-state index contributed by atoms with van der Waals surface area (Å²) in [5, 5.41) is 23.7. The molecule has 0 saturated carbocycles. The number of nitrogens with one attached hydrogen (secondary N) is 1. The van der Waals surface area contributed by atoms with Gasteiger partial charge in [0.25, 0.3) is 11.2 Å². The first-order valence-electron chi connectivity index (χ1n) is 16.1. The number of ether oxygens (including phenoxy) is 5. The third-order valence-electron chi connectivity index (χ3n) is 9.05. The number of nitro benzene ring substituents is 1. The Hall–Kier alpha value is -5.60. The van der Waals surface area contributed by atoms with Crippen molar-refractivity contribution in [1.29, 1.82) is 0 Å². The van der Waals surface area contributed by atoms with Crippen LogP contribution in [0.2, 0.25) is 0 Å². The fourth-order valence-corrected chi connectivity index (χ4v) is 6.29. The molecule has 1 aliphatic rings. The summed E-state index contributed by atoms with van der Waals surface area (Å²) in [5.41, 5.74) is -0.207. The van der Waals surface area contributed by atoms with Gasteiger partial charge in [0.2, 0.25) is 5.79 Å². The molecule has 0 unspecified atom stereocenters. The number of rotatable bonds is 13. The van der Waals surface area contributed by atoms with Gasteiger partial charge in [0.05, 0.1) is 31.3 Å². The highest BCUT2D eigenvalue weighted by molar-refractivity contribution is 5.50. The first-order chi connectivity index (χ1) is 24.6. The summed E-state index contributed by atoms with van der Waals surface area (Å²) in [4.78, 5) is 38.7. The number of hydrogen-bond acceptors (Lipinski definition) is 10. The maximum absolute atomic E-state index is 13.0. The van der Waals surface area contributed by atoms with Gasteiger partial charge in [-0.25, -0.2) is 4.79 Å². The molecule has 0 spiro atoms. The quantitative estimate of drug-likeness (QED) is 0.0976. The summed E-state index contributed by atoms with van der Waals surface area (Å²) >= 11 is 0. The molecule has 0 bridgehead atoms. The van der Waals surface area contributed by atoms with Crippen molar-refractivity contribution >= 4 is 5.69 Å². The highest BCUT2D eigenvalue weighted by Crippen LogP contribution is 2.45. The van der Waals surface area contributed by atoms with Gasteiger partial charge in [0, 0.05) is 24.2 Å². The van der Waals surface area contributed by atoms with Crippen molar-refractivity contribution < 1.29 is 33.7 Å². The minimum atomic E-state index is -1.96. The molecule has 3 atom stereocenters. The van der Waals surface area contributed by atoms with E-state index >= 15 is 0 Å². The molecule has 51 heavy (non-hydrogen) atoms. The SMILES string of the molecule is COc1ccc(C(OC[C@@]2(OCc3ccccc3[N+](=O)[O-])O[C@@H](n3cc(C)c(=O)[nH]c3=O)C[C@@H]2O)(c2ccccc2)c2ccc(OC)cc2)cc1. The summed E-state index contributed by atoms with van der Waals surface area (Å²) in [5.74, 6) is -0.714. The molecule has 2 heterocycles. The lowest BCUT2D eigenvalue weighted by molar-refractivity contribution is -0.386. The summed E-state index contributed by atoms with van der Waals surface area (Å²) < 4.78 is 31.9. The number of para-hydroxylation sites is 1. The average Bonchev–Trinajstić information content (AvgIpc) is 3.48. The Morgan fingerprint density at radius 2 is 1.47 bits per heavy atom. The summed E-state index contributed by atoms with van der Waals surface area (Å²) in [7, 11) is 3.14. The lowest BCUT2D eigenvalue weighted by Crippen LogP contribution is -2.49. The number of nitro groups is 1. The number of aromatic nitrogens is 2. The van der Waals surface area contributed by atoms with E-state index in [1.54, 1.807) is 39.3 Å². The van der Waals surface area contributed by atoms with Crippen LogP contribution in [-0.2, 0) is 26.4 Å². The third-order valence-corrected chi connectivity index (χ3v) is 9.05. The number of nitrogens with zero attached hydrogens (tertiary/aromatic N) is 2. The molecule has 5 aromatic rings. The molecule has 0 aliphatic carbocycles. The van der Waals surface area contributed by atoms with Crippen molar-refractivity contribution in [3.05, 3.63) is 168 Å². The number of hydrogen-bond donors (Lipinski definition) is 2. The van der Waals surface area contributed by atoms with Gasteiger partial charge in [-0.05, 0) is 53.9 Å². The van der Waals surface area contributed by atoms with Gasteiger partial charge in [-0.15, -0.1) is 0 Å². The van der Waals surface area contributed by atoms with E-state index in [1.807, 2.05) is 78.9 Å². The van der Waals surface area contributed by atoms with Gasteiger partial charge in [-0.2, -0.15) is 0 Å². The molecule has 0 amide bonds. The fraction of sp³-hybridized carbons (Fsp3) is 0.263. The molecule has 0 radical (unpaired) electrons. The van der Waals surface area contributed by atoms with Crippen molar-refractivity contribution in [3.8, 4) is 11.5 Å². The van der Waals surface area contributed by atoms with Crippen LogP contribution in [-0.4, -0.2) is 52.3 Å². The van der Waals surface area contributed by atoms with Crippen LogP contribution >= 0.6 is 0 Å². The van der Waals surface area contributed by atoms with E-state index < -0.39 is 46.5 Å². The van der Waals surface area contributed by atoms with Crippen molar-refractivity contribution in [1.82, 2.24) is 9.55 Å². The lowest BCUT2D eigenvalue weighted by atomic mass is 9.80. The Kier molecular flexibility index (Phi) is 10.2. The molecule has 4 aromatic carbocycles. The monoisotopic (exact) mass is 695 g/mol. The first-order valence-corrected chi connectivity index (χ1v) is 16.1. The minimum Gasteiger partial charge on any atom is -0.497 e. The normalized spacial score (nSPS) is 18.7. The van der Waals surface area contributed by atoms with Crippen LogP contribution in [0.25, 0.3) is 0 Å². The topological polar surface area (TPSA) is 164 Å². The largest absolute Gasteiger partial charge is 0.497 e. The number of aromatic amines is 1. The molecule has 264 valence electrons. The number of aliphatic hydroxyl groups excluding tert-OH is 1. The van der Waals surface area contributed by atoms with Gasteiger partial charge < -0.3 is 28.8 Å². The van der Waals surface area contributed by atoms with E-state index in [4.69, 9.17) is 23.7 Å². The molecule has 13 heteroatoms. The van der Waals surface area contributed by atoms with E-state index in [2.05, 4.69) is 4.98 Å². The molecule has 2 N–H and O–H groups in total. The number of H-pyrrole nitrogens is 1. The van der Waals surface area contributed by atoms with E-state index in [0.29, 0.717) is 22.6 Å². The second-order valence-electron chi connectivity index (χ2n) is 12.1. The van der Waals surface area contributed by atoms with Crippen molar-refractivity contribution in [2.24, 2.45) is 0 Å². The van der Waals surface area contributed by atoms with E-state index in [1.165, 1.54) is 16.8 Å². The maximum Gasteiger partial charge on any atom is 0.330 e. The number of methoxy groups -OCH3 is 2. The zero-order valence-electron chi connectivity index (χ0n) is 28.2. The molecular weight excluding hydrogens is 658 g/mol. The van der Waals surface area contributed by atoms with Gasteiger partial charge in [-0.3, -0.25) is 24.5 Å². The van der Waals surface area contributed by atoms with E-state index in [9.17, 15) is 24.8 Å². The van der Waals surface area contributed by atoms with Crippen LogP contribution in [0.4, 0.5) is 5.69 Å². The predicted molar refractivity (Wildman–Crippen MR) is 186 cm³/mol. The zero-order valence-corrected chi connectivity index (χ0v) is 28.2. The van der Waals surface area contributed by atoms with Crippen molar-refractivity contribution in [2.45, 2.75) is 43.7 Å². The number of aryl methyl sites for hydroxylation is 1. The van der Waals surface area contributed by atoms with Gasteiger partial charge in [-0.1, -0.05) is 66.7 Å². The zero-order chi connectivity index (χ0) is 36.2. The summed E-state index contributed by atoms with van der Waals surface area (Å²) in [6.07, 6.45) is -1.27. The second kappa shape index (κ2) is 14.7. The maximum atomic E-state index is 13.0. The number of aliphatic hydroxyl groups is 1. The highest BCUT2D eigenvalue weighted by atomic mass is 16.7. The molecule has 1 saturated heterocycles. The first kappa shape index (κ1) is 35.2. The Bertz CT molecular complexity index is 2050. The van der Waals surface area contributed by atoms with Gasteiger partial charge in [0.1, 0.15) is 36.0 Å². The van der Waals surface area contributed by atoms with Crippen LogP contribution in [0.1, 0.15) is 40.5 Å². The fourth-order valence-electron chi connectivity index (χ4n) is 6.29. The van der Waals surface area contributed by atoms with Crippen LogP contribution in [0, 0.1) is 17.0 Å². The Labute approximate surface area is 292 Å². The van der Waals surface area contributed by atoms with Crippen LogP contribution < -0.4 is 20.7 Å². The van der Waals surface area contributed by atoms with Crippen molar-refractivity contribution in [3.63, 3.8) is 0 Å². The van der Waals surface area contributed by atoms with E-state index in [-0.39, 0.29) is 29.8 Å². The highest BCUT2D eigenvalue weighted by Gasteiger charge is 2.53. The predicted octanol–water partition coefficient (Wildman–Crippen LogP) is 4.97. The molecule has 1 aromatic heterocycles. The molecule has 13 nitrogen and oxygen atoms in total. The van der Waals surface area contributed by atoms with Crippen LogP contribution in [0.3, 0.4) is 0 Å². The van der Waals surface area contributed by atoms with Gasteiger partial charge in [0.15, 0.2) is 0 Å². The minimum absolute atomic E-state index is 0.130. The average molecular weight is 696 g/mol. The molecule has 1 aliphatic heterocycles. The molecular formula is C38H37N3O10. The smallest absolute Gasteiger partial charge is 0.330 e. The second-order valence-corrected chi connectivity index (χ2v) is 12.1. The Balaban J connectivity index is 1.48. The van der Waals surface area contributed by atoms with Crippen molar-refractivity contribution in [2.75, 3.05) is 20.8 Å². The van der Waals surface area contributed by atoms with Gasteiger partial charge >= 0.3 is 5.69 Å².